The Labute approximate surface area is 80.9 Å². The molecule has 0 saturated carbocycles. The Bertz CT molecular complexity index is 12.9. The average molecular weight is 190 g/mol. The summed E-state index contributed by atoms with van der Waals surface area (Å²) in [5.74, 6) is 0. The second-order valence-electron chi connectivity index (χ2n) is 0. The van der Waals surface area contributed by atoms with Gasteiger partial charge in [-0.25, -0.2) is 0 Å². The SMILES string of the molecule is O.O.O.[Fe].[Fe].[H-].[Na+]. The molecular weight excluding hydrogens is 183 g/mol. The van der Waals surface area contributed by atoms with Crippen molar-refractivity contribution in [1.29, 1.82) is 0 Å². The molecule has 0 radical (unpaired) electrons. The van der Waals surface area contributed by atoms with Crippen LogP contribution in [0, 0.1) is 0 Å². The summed E-state index contributed by atoms with van der Waals surface area (Å²) in [4.78, 5) is 0. The maximum absolute atomic E-state index is 0. The van der Waals surface area contributed by atoms with Gasteiger partial charge in [-0.3, -0.25) is 0 Å². The molecule has 0 fully saturated rings. The van der Waals surface area contributed by atoms with Crippen LogP contribution in [0.5, 0.6) is 0 Å². The molecule has 0 unspecified atom stereocenters. The van der Waals surface area contributed by atoms with E-state index < -0.39 is 0 Å². The van der Waals surface area contributed by atoms with E-state index >= 15 is 0 Å². The second kappa shape index (κ2) is 65.8. The zero-order valence-electron chi connectivity index (χ0n) is 4.21. The van der Waals surface area contributed by atoms with Gasteiger partial charge >= 0.3 is 29.6 Å². The van der Waals surface area contributed by atoms with Gasteiger partial charge in [0.05, 0.1) is 0 Å². The van der Waals surface area contributed by atoms with Crippen molar-refractivity contribution < 1.29 is 81.5 Å². The minimum Gasteiger partial charge on any atom is -1.00 e. The number of rotatable bonds is 0. The standard InChI is InChI=1S/2Fe.Na.3H2O.H/h;;;3*1H2;/q;;+1;;;;-1. The molecular formula is H7Fe2NaO3. The van der Waals surface area contributed by atoms with Crippen LogP contribution in [0.1, 0.15) is 1.43 Å². The zero-order valence-corrected chi connectivity index (χ0v) is 7.42. The van der Waals surface area contributed by atoms with Crippen LogP contribution < -0.4 is 29.6 Å². The van der Waals surface area contributed by atoms with Gasteiger partial charge in [-0.2, -0.15) is 0 Å². The van der Waals surface area contributed by atoms with Crippen LogP contribution in [0.3, 0.4) is 0 Å². The van der Waals surface area contributed by atoms with Crippen molar-refractivity contribution in [1.82, 2.24) is 0 Å². The third-order valence-electron chi connectivity index (χ3n) is 0. The smallest absolute Gasteiger partial charge is 1.00 e. The molecule has 42 valence electrons. The van der Waals surface area contributed by atoms with Gasteiger partial charge in [-0.1, -0.05) is 0 Å². The maximum atomic E-state index is 0. The second-order valence-corrected chi connectivity index (χ2v) is 0. The van der Waals surface area contributed by atoms with E-state index in [2.05, 4.69) is 0 Å². The van der Waals surface area contributed by atoms with Gasteiger partial charge in [0, 0.05) is 34.1 Å². The molecule has 0 heterocycles. The van der Waals surface area contributed by atoms with Crippen LogP contribution in [0.15, 0.2) is 0 Å². The van der Waals surface area contributed by atoms with Gasteiger partial charge in [0.25, 0.3) is 0 Å². The van der Waals surface area contributed by atoms with Crippen LogP contribution in [-0.2, 0) is 34.1 Å². The summed E-state index contributed by atoms with van der Waals surface area (Å²) in [5.41, 5.74) is 0. The molecule has 0 amide bonds. The Morgan fingerprint density at radius 1 is 0.667 bits per heavy atom. The van der Waals surface area contributed by atoms with Crippen molar-refractivity contribution in [2.45, 2.75) is 0 Å². The Kier molecular flexibility index (Phi) is 1130. The van der Waals surface area contributed by atoms with E-state index in [0.717, 1.165) is 0 Å². The molecule has 6 N–H and O–H groups in total. The summed E-state index contributed by atoms with van der Waals surface area (Å²) in [6.45, 7) is 0. The average Bonchev–Trinajstić information content (AvgIpc) is 0. The molecule has 3 nitrogen and oxygen atoms in total. The molecule has 0 aliphatic heterocycles. The van der Waals surface area contributed by atoms with Crippen molar-refractivity contribution >= 4 is 0 Å². The van der Waals surface area contributed by atoms with E-state index in [0.29, 0.717) is 0 Å². The minimum absolute atomic E-state index is 0. The Morgan fingerprint density at radius 2 is 0.667 bits per heavy atom. The molecule has 0 saturated heterocycles. The molecule has 0 aromatic heterocycles. The molecule has 0 aliphatic rings. The first-order valence-corrected chi connectivity index (χ1v) is 0. The molecule has 0 bridgehead atoms. The third-order valence-corrected chi connectivity index (χ3v) is 0. The fourth-order valence-electron chi connectivity index (χ4n) is 0. The molecule has 0 atom stereocenters. The molecule has 0 rings (SSSR count). The molecule has 0 aliphatic carbocycles. The van der Waals surface area contributed by atoms with Gasteiger partial charge in [-0.05, 0) is 0 Å². The third kappa shape index (κ3) is 38.9. The van der Waals surface area contributed by atoms with E-state index in [4.69, 9.17) is 0 Å². The zero-order chi connectivity index (χ0) is 0. The maximum Gasteiger partial charge on any atom is 1.00 e. The van der Waals surface area contributed by atoms with E-state index in [1.165, 1.54) is 0 Å². The van der Waals surface area contributed by atoms with E-state index in [1.54, 1.807) is 0 Å². The predicted molar refractivity (Wildman–Crippen MR) is 12.0 cm³/mol. The van der Waals surface area contributed by atoms with Crippen molar-refractivity contribution in [3.05, 3.63) is 0 Å². The van der Waals surface area contributed by atoms with Crippen LogP contribution in [0.4, 0.5) is 0 Å². The minimum atomic E-state index is 0. The van der Waals surface area contributed by atoms with E-state index in [-0.39, 0.29) is 81.5 Å². The largest absolute Gasteiger partial charge is 1.00 e. The predicted octanol–water partition coefficient (Wildman–Crippen LogP) is -5.36. The normalized spacial score (nSPS) is 0. The van der Waals surface area contributed by atoms with Gasteiger partial charge < -0.3 is 17.9 Å². The molecule has 0 spiro atoms. The first-order chi connectivity index (χ1) is 0. The first-order valence-electron chi connectivity index (χ1n) is 0. The van der Waals surface area contributed by atoms with Crippen LogP contribution in [0.2, 0.25) is 0 Å². The summed E-state index contributed by atoms with van der Waals surface area (Å²) < 4.78 is 0. The Balaban J connectivity index is 0. The number of hydrogen-bond acceptors (Lipinski definition) is 0. The van der Waals surface area contributed by atoms with Gasteiger partial charge in [0.1, 0.15) is 0 Å². The molecule has 6 heavy (non-hydrogen) atoms. The summed E-state index contributed by atoms with van der Waals surface area (Å²) >= 11 is 0. The molecule has 6 heteroatoms. The Hall–Kier alpha value is 1.92. The van der Waals surface area contributed by atoms with Crippen molar-refractivity contribution in [3.63, 3.8) is 0 Å². The summed E-state index contributed by atoms with van der Waals surface area (Å²) in [6.07, 6.45) is 0. The summed E-state index contributed by atoms with van der Waals surface area (Å²) in [5, 5.41) is 0. The van der Waals surface area contributed by atoms with Crippen LogP contribution >= 0.6 is 0 Å². The first kappa shape index (κ1) is 103. The van der Waals surface area contributed by atoms with E-state index in [9.17, 15) is 0 Å². The molecule has 0 aromatic carbocycles. The fraction of sp³-hybridized carbons (Fsp3) is 0. The van der Waals surface area contributed by atoms with Gasteiger partial charge in [0.2, 0.25) is 0 Å². The quantitative estimate of drug-likeness (QED) is 0.341. The van der Waals surface area contributed by atoms with Crippen molar-refractivity contribution in [2.75, 3.05) is 0 Å². The summed E-state index contributed by atoms with van der Waals surface area (Å²) in [6, 6.07) is 0. The van der Waals surface area contributed by atoms with Crippen molar-refractivity contribution in [3.8, 4) is 0 Å². The molecule has 0 aromatic rings. The monoisotopic (exact) mass is 190 g/mol. The van der Waals surface area contributed by atoms with Gasteiger partial charge in [0.15, 0.2) is 0 Å². The van der Waals surface area contributed by atoms with E-state index in [1.807, 2.05) is 0 Å². The fourth-order valence-corrected chi connectivity index (χ4v) is 0. The van der Waals surface area contributed by atoms with Gasteiger partial charge in [-0.15, -0.1) is 0 Å². The summed E-state index contributed by atoms with van der Waals surface area (Å²) in [7, 11) is 0. The van der Waals surface area contributed by atoms with Crippen LogP contribution in [0.25, 0.3) is 0 Å². The van der Waals surface area contributed by atoms with Crippen LogP contribution in [-0.4, -0.2) is 16.4 Å². The number of hydrogen-bond donors (Lipinski definition) is 0. The van der Waals surface area contributed by atoms with Crippen molar-refractivity contribution in [2.24, 2.45) is 0 Å². The topological polar surface area (TPSA) is 94.5 Å². The Morgan fingerprint density at radius 3 is 0.667 bits per heavy atom.